The third-order valence-electron chi connectivity index (χ3n) is 4.66. The maximum atomic E-state index is 13.0. The summed E-state index contributed by atoms with van der Waals surface area (Å²) < 4.78 is 0. The average Bonchev–Trinajstić information content (AvgIpc) is 2.74. The van der Waals surface area contributed by atoms with Crippen molar-refractivity contribution in [2.24, 2.45) is 0 Å². The Hall–Kier alpha value is -1.98. The van der Waals surface area contributed by atoms with Gasteiger partial charge >= 0.3 is 0 Å². The molecule has 0 aliphatic rings. The zero-order chi connectivity index (χ0) is 21.1. The molecule has 2 rings (SSSR count). The first-order valence-electron chi connectivity index (χ1n) is 10.0. The maximum Gasteiger partial charge on any atom is 0.242 e. The number of hydrogen-bond donors (Lipinski definition) is 1. The lowest BCUT2D eigenvalue weighted by molar-refractivity contribution is -0.137. The van der Waals surface area contributed by atoms with Gasteiger partial charge in [0.2, 0.25) is 11.8 Å². The summed E-state index contributed by atoms with van der Waals surface area (Å²) in [7, 11) is 0. The zero-order valence-electron chi connectivity index (χ0n) is 17.1. The highest BCUT2D eigenvalue weighted by Gasteiger charge is 2.25. The van der Waals surface area contributed by atoms with Crippen LogP contribution in [-0.2, 0) is 16.0 Å². The van der Waals surface area contributed by atoms with Gasteiger partial charge in [-0.25, -0.2) is 0 Å². The van der Waals surface area contributed by atoms with Crippen LogP contribution < -0.4 is 5.32 Å². The molecule has 156 valence electrons. The predicted octanol–water partition coefficient (Wildman–Crippen LogP) is 4.81. The molecule has 0 aliphatic heterocycles. The molecule has 6 heteroatoms. The molecule has 0 saturated carbocycles. The van der Waals surface area contributed by atoms with E-state index in [0.717, 1.165) is 23.3 Å². The fourth-order valence-electron chi connectivity index (χ4n) is 2.86. The molecule has 2 aromatic carbocycles. The first-order chi connectivity index (χ1) is 14.0. The van der Waals surface area contributed by atoms with Crippen molar-refractivity contribution in [3.05, 3.63) is 65.2 Å². The van der Waals surface area contributed by atoms with E-state index >= 15 is 0 Å². The minimum atomic E-state index is -0.506. The highest BCUT2D eigenvalue weighted by atomic mass is 35.5. The molecule has 2 aromatic rings. The molecule has 0 aliphatic carbocycles. The zero-order valence-corrected chi connectivity index (χ0v) is 18.6. The summed E-state index contributed by atoms with van der Waals surface area (Å²) >= 11 is 7.38. The number of thioether (sulfide) groups is 1. The second-order valence-electron chi connectivity index (χ2n) is 6.89. The van der Waals surface area contributed by atoms with Gasteiger partial charge < -0.3 is 10.2 Å². The minimum absolute atomic E-state index is 0.0426. The van der Waals surface area contributed by atoms with Crippen molar-refractivity contribution in [1.82, 2.24) is 10.2 Å². The van der Waals surface area contributed by atoms with E-state index in [4.69, 9.17) is 11.6 Å². The molecule has 0 aromatic heterocycles. The third-order valence-corrected chi connectivity index (χ3v) is 5.91. The third kappa shape index (κ3) is 8.11. The summed E-state index contributed by atoms with van der Waals surface area (Å²) in [4.78, 5) is 28.2. The number of amides is 2. The van der Waals surface area contributed by atoms with Crippen molar-refractivity contribution in [1.29, 1.82) is 0 Å². The van der Waals surface area contributed by atoms with Crippen LogP contribution in [0, 0.1) is 0 Å². The molecule has 0 bridgehead atoms. The first-order valence-corrected chi connectivity index (χ1v) is 11.4. The minimum Gasteiger partial charge on any atom is -0.354 e. The van der Waals surface area contributed by atoms with Gasteiger partial charge in [-0.2, -0.15) is 0 Å². The topological polar surface area (TPSA) is 49.4 Å². The number of benzene rings is 2. The lowest BCUT2D eigenvalue weighted by Gasteiger charge is -2.28. The van der Waals surface area contributed by atoms with E-state index in [1.807, 2.05) is 54.6 Å². The van der Waals surface area contributed by atoms with E-state index < -0.39 is 6.04 Å². The summed E-state index contributed by atoms with van der Waals surface area (Å²) in [6.07, 6.45) is 2.66. The second-order valence-corrected chi connectivity index (χ2v) is 8.37. The van der Waals surface area contributed by atoms with Gasteiger partial charge in [-0.1, -0.05) is 55.3 Å². The Kier molecular flexibility index (Phi) is 10.1. The lowest BCUT2D eigenvalue weighted by atomic mass is 10.1. The Morgan fingerprint density at radius 2 is 1.79 bits per heavy atom. The van der Waals surface area contributed by atoms with Crippen LogP contribution in [0.4, 0.5) is 0 Å². The fraction of sp³-hybridized carbons (Fsp3) is 0.391. The summed E-state index contributed by atoms with van der Waals surface area (Å²) in [6.45, 7) is 5.03. The molecule has 29 heavy (non-hydrogen) atoms. The average molecular weight is 433 g/mol. The van der Waals surface area contributed by atoms with Gasteiger partial charge in [-0.15, -0.1) is 11.8 Å². The molecular formula is C23H29ClN2O2S. The van der Waals surface area contributed by atoms with Gasteiger partial charge in [0.1, 0.15) is 6.04 Å². The lowest BCUT2D eigenvalue weighted by Crippen LogP contribution is -2.49. The summed E-state index contributed by atoms with van der Waals surface area (Å²) in [5.74, 6) is 0.138. The number of nitrogens with one attached hydrogen (secondary N) is 1. The molecule has 0 fully saturated rings. The normalized spacial score (nSPS) is 11.7. The molecule has 0 radical (unpaired) electrons. The van der Waals surface area contributed by atoms with E-state index in [1.165, 1.54) is 11.8 Å². The van der Waals surface area contributed by atoms with Crippen molar-refractivity contribution in [2.45, 2.75) is 44.0 Å². The second kappa shape index (κ2) is 12.6. The summed E-state index contributed by atoms with van der Waals surface area (Å²) in [6, 6.07) is 16.9. The highest BCUT2D eigenvalue weighted by Crippen LogP contribution is 2.21. The number of halogens is 1. The Morgan fingerprint density at radius 3 is 2.45 bits per heavy atom. The molecule has 0 saturated heterocycles. The van der Waals surface area contributed by atoms with E-state index in [9.17, 15) is 9.59 Å². The molecule has 0 spiro atoms. The van der Waals surface area contributed by atoms with Crippen molar-refractivity contribution < 1.29 is 9.59 Å². The van der Waals surface area contributed by atoms with Gasteiger partial charge in [-0.05, 0) is 49.6 Å². The predicted molar refractivity (Wildman–Crippen MR) is 121 cm³/mol. The Bertz CT molecular complexity index is 768. The molecule has 1 atom stereocenters. The number of nitrogens with zero attached hydrogens (tertiary/aromatic N) is 1. The van der Waals surface area contributed by atoms with Crippen LogP contribution in [-0.4, -0.2) is 41.6 Å². The van der Waals surface area contributed by atoms with Crippen LogP contribution >= 0.6 is 23.4 Å². The Morgan fingerprint density at radius 1 is 1.10 bits per heavy atom. The van der Waals surface area contributed by atoms with Crippen molar-refractivity contribution >= 4 is 35.2 Å². The van der Waals surface area contributed by atoms with E-state index in [1.54, 1.807) is 11.8 Å². The van der Waals surface area contributed by atoms with Crippen LogP contribution in [0.3, 0.4) is 0 Å². The molecule has 0 unspecified atom stereocenters. The van der Waals surface area contributed by atoms with E-state index in [-0.39, 0.29) is 17.6 Å². The molecular weight excluding hydrogens is 404 g/mol. The SMILES string of the molecule is CCCCNC(=O)[C@H](C)N(CCc1ccccc1)C(=O)CSc1ccc(Cl)cc1. The number of carbonyl (C=O) groups excluding carboxylic acids is 2. The fourth-order valence-corrected chi connectivity index (χ4v) is 3.78. The quantitative estimate of drug-likeness (QED) is 0.409. The van der Waals surface area contributed by atoms with Gasteiger partial charge in [0.25, 0.3) is 0 Å². The van der Waals surface area contributed by atoms with Crippen LogP contribution in [0.5, 0.6) is 0 Å². The standard InChI is InChI=1S/C23H29ClN2O2S/c1-3-4-15-25-23(28)18(2)26(16-14-19-8-6-5-7-9-19)22(27)17-29-21-12-10-20(24)11-13-21/h5-13,18H,3-4,14-17H2,1-2H3,(H,25,28)/t18-/m0/s1. The van der Waals surface area contributed by atoms with E-state index in [2.05, 4.69) is 12.2 Å². The monoisotopic (exact) mass is 432 g/mol. The van der Waals surface area contributed by atoms with Crippen LogP contribution in [0.2, 0.25) is 5.02 Å². The van der Waals surface area contributed by atoms with Crippen LogP contribution in [0.15, 0.2) is 59.5 Å². The molecule has 0 heterocycles. The van der Waals surface area contributed by atoms with Gasteiger partial charge in [-0.3, -0.25) is 9.59 Å². The summed E-state index contributed by atoms with van der Waals surface area (Å²) in [5.41, 5.74) is 1.15. The highest BCUT2D eigenvalue weighted by molar-refractivity contribution is 8.00. The van der Waals surface area contributed by atoms with E-state index in [0.29, 0.717) is 24.5 Å². The number of carbonyl (C=O) groups is 2. The van der Waals surface area contributed by atoms with Crippen LogP contribution in [0.1, 0.15) is 32.3 Å². The largest absolute Gasteiger partial charge is 0.354 e. The summed E-state index contributed by atoms with van der Waals surface area (Å²) in [5, 5.41) is 3.61. The Balaban J connectivity index is 2.01. The molecule has 4 nitrogen and oxygen atoms in total. The number of unbranched alkanes of at least 4 members (excludes halogenated alkanes) is 1. The smallest absolute Gasteiger partial charge is 0.242 e. The molecule has 1 N–H and O–H groups in total. The number of hydrogen-bond acceptors (Lipinski definition) is 3. The maximum absolute atomic E-state index is 13.0. The van der Waals surface area contributed by atoms with Gasteiger partial charge in [0.15, 0.2) is 0 Å². The van der Waals surface area contributed by atoms with Crippen LogP contribution in [0.25, 0.3) is 0 Å². The van der Waals surface area contributed by atoms with Crippen molar-refractivity contribution in [3.63, 3.8) is 0 Å². The van der Waals surface area contributed by atoms with Crippen molar-refractivity contribution in [2.75, 3.05) is 18.8 Å². The van der Waals surface area contributed by atoms with Gasteiger partial charge in [0, 0.05) is 23.0 Å². The Labute approximate surface area is 183 Å². The van der Waals surface area contributed by atoms with Crippen molar-refractivity contribution in [3.8, 4) is 0 Å². The van der Waals surface area contributed by atoms with Gasteiger partial charge in [0.05, 0.1) is 5.75 Å². The molecule has 2 amide bonds. The first kappa shape index (κ1) is 23.3. The number of rotatable bonds is 11.